The highest BCUT2D eigenvalue weighted by molar-refractivity contribution is 5.82. The summed E-state index contributed by atoms with van der Waals surface area (Å²) in [5.74, 6) is 1.43. The van der Waals surface area contributed by atoms with Crippen molar-refractivity contribution in [1.29, 1.82) is 5.26 Å². The van der Waals surface area contributed by atoms with Gasteiger partial charge >= 0.3 is 0 Å². The summed E-state index contributed by atoms with van der Waals surface area (Å²) < 4.78 is 5.50. The first kappa shape index (κ1) is 16.7. The van der Waals surface area contributed by atoms with Gasteiger partial charge < -0.3 is 9.64 Å². The topological polar surface area (TPSA) is 61.0 Å². The summed E-state index contributed by atoms with van der Waals surface area (Å²) in [7, 11) is 2.00. The van der Waals surface area contributed by atoms with Gasteiger partial charge in [-0.05, 0) is 50.3 Å². The van der Waals surface area contributed by atoms with Gasteiger partial charge in [0.2, 0.25) is 0 Å². The number of hydrogen-bond donors (Lipinski definition) is 0. The van der Waals surface area contributed by atoms with E-state index in [1.54, 1.807) is 6.92 Å². The molecule has 1 aliphatic heterocycles. The van der Waals surface area contributed by atoms with Gasteiger partial charge in [-0.25, -0.2) is 9.98 Å². The van der Waals surface area contributed by atoms with Gasteiger partial charge in [-0.1, -0.05) is 18.2 Å². The van der Waals surface area contributed by atoms with Crippen molar-refractivity contribution in [2.45, 2.75) is 26.1 Å². The van der Waals surface area contributed by atoms with E-state index in [4.69, 9.17) is 15.0 Å². The number of nitriles is 1. The Hall–Kier alpha value is -3.13. The Morgan fingerprint density at radius 2 is 1.88 bits per heavy atom. The molecule has 2 unspecified atom stereocenters. The zero-order valence-corrected chi connectivity index (χ0v) is 14.5. The molecule has 0 saturated carbocycles. The predicted octanol–water partition coefficient (Wildman–Crippen LogP) is 2.27. The van der Waals surface area contributed by atoms with Crippen LogP contribution in [-0.2, 0) is 0 Å². The maximum absolute atomic E-state index is 8.83. The molecular weight excluding hydrogens is 312 g/mol. The Balaban J connectivity index is 1.88. The molecule has 0 aliphatic carbocycles. The summed E-state index contributed by atoms with van der Waals surface area (Å²) >= 11 is 0. The molecule has 0 bridgehead atoms. The molecule has 25 heavy (non-hydrogen) atoms. The van der Waals surface area contributed by atoms with Gasteiger partial charge in [-0.2, -0.15) is 5.26 Å². The van der Waals surface area contributed by atoms with Gasteiger partial charge in [0.1, 0.15) is 23.8 Å². The highest BCUT2D eigenvalue weighted by Crippen LogP contribution is 2.22. The lowest BCUT2D eigenvalue weighted by atomic mass is 10.2. The molecule has 126 valence electrons. The number of ether oxygens (including phenoxy) is 1. The van der Waals surface area contributed by atoms with Crippen molar-refractivity contribution in [2.24, 2.45) is 9.98 Å². The highest BCUT2D eigenvalue weighted by Gasteiger charge is 2.14. The van der Waals surface area contributed by atoms with E-state index in [-0.39, 0.29) is 6.17 Å². The van der Waals surface area contributed by atoms with Crippen molar-refractivity contribution < 1.29 is 4.74 Å². The fourth-order valence-electron chi connectivity index (χ4n) is 2.66. The Morgan fingerprint density at radius 1 is 1.16 bits per heavy atom. The average molecular weight is 332 g/mol. The standard InChI is InChI=1S/C20H20N4O/c1-14(13-21)25-18-10-8-17(9-11-18)24(3)20-12-16-6-4-5-7-19(16)22-15(2)23-20/h4-12,14,20H,1-3H3. The van der Waals surface area contributed by atoms with E-state index in [0.717, 1.165) is 22.1 Å². The zero-order valence-electron chi connectivity index (χ0n) is 14.5. The SMILES string of the molecule is CC1=NC(N(C)c2ccc(OC(C)C#N)cc2)C=c2ccccc2=N1. The molecule has 0 fully saturated rings. The van der Waals surface area contributed by atoms with Crippen molar-refractivity contribution >= 4 is 17.6 Å². The van der Waals surface area contributed by atoms with Crippen LogP contribution in [0.4, 0.5) is 5.69 Å². The van der Waals surface area contributed by atoms with Crippen LogP contribution in [-0.4, -0.2) is 25.2 Å². The molecule has 2 aromatic carbocycles. The van der Waals surface area contributed by atoms with Gasteiger partial charge in [0, 0.05) is 18.0 Å². The van der Waals surface area contributed by atoms with E-state index in [1.807, 2.05) is 62.5 Å². The molecule has 0 spiro atoms. The average Bonchev–Trinajstić information content (AvgIpc) is 2.79. The van der Waals surface area contributed by atoms with Gasteiger partial charge in [-0.3, -0.25) is 0 Å². The Labute approximate surface area is 147 Å². The predicted molar refractivity (Wildman–Crippen MR) is 99.1 cm³/mol. The number of anilines is 1. The monoisotopic (exact) mass is 332 g/mol. The lowest BCUT2D eigenvalue weighted by Gasteiger charge is -2.25. The van der Waals surface area contributed by atoms with Crippen LogP contribution in [0, 0.1) is 11.3 Å². The van der Waals surface area contributed by atoms with Crippen LogP contribution in [0.3, 0.4) is 0 Å². The summed E-state index contributed by atoms with van der Waals surface area (Å²) in [6.45, 7) is 3.63. The first-order valence-electron chi connectivity index (χ1n) is 8.16. The molecular formula is C20H20N4O. The third-order valence-electron chi connectivity index (χ3n) is 4.00. The molecule has 0 saturated heterocycles. The maximum atomic E-state index is 8.83. The minimum atomic E-state index is -0.468. The normalized spacial score (nSPS) is 16.9. The molecule has 0 aromatic heterocycles. The smallest absolute Gasteiger partial charge is 0.181 e. The number of amidine groups is 1. The molecule has 1 heterocycles. The molecule has 3 rings (SSSR count). The molecule has 0 N–H and O–H groups in total. The van der Waals surface area contributed by atoms with Crippen LogP contribution in [0.2, 0.25) is 0 Å². The van der Waals surface area contributed by atoms with Crippen molar-refractivity contribution in [3.05, 3.63) is 59.1 Å². The van der Waals surface area contributed by atoms with E-state index in [0.29, 0.717) is 5.75 Å². The largest absolute Gasteiger partial charge is 0.476 e. The fraction of sp³-hybridized carbons (Fsp3) is 0.250. The minimum absolute atomic E-state index is 0.141. The van der Waals surface area contributed by atoms with Gasteiger partial charge in [-0.15, -0.1) is 0 Å². The summed E-state index contributed by atoms with van der Waals surface area (Å²) in [6, 6.07) is 17.8. The third-order valence-corrected chi connectivity index (χ3v) is 4.00. The van der Waals surface area contributed by atoms with Gasteiger partial charge in [0.25, 0.3) is 0 Å². The molecule has 5 heteroatoms. The lowest BCUT2D eigenvalue weighted by Crippen LogP contribution is -2.32. The van der Waals surface area contributed by atoms with Crippen molar-refractivity contribution in [2.75, 3.05) is 11.9 Å². The Morgan fingerprint density at radius 3 is 2.60 bits per heavy atom. The van der Waals surface area contributed by atoms with Crippen LogP contribution in [0.25, 0.3) is 6.08 Å². The van der Waals surface area contributed by atoms with E-state index < -0.39 is 6.10 Å². The Bertz CT molecular complexity index is 941. The van der Waals surface area contributed by atoms with E-state index >= 15 is 0 Å². The number of benzene rings is 2. The molecule has 2 aromatic rings. The summed E-state index contributed by atoms with van der Waals surface area (Å²) in [5.41, 5.74) is 1.01. The number of rotatable bonds is 4. The van der Waals surface area contributed by atoms with Crippen LogP contribution < -0.4 is 20.2 Å². The summed E-state index contributed by atoms with van der Waals surface area (Å²) in [6.07, 6.45) is 1.50. The third kappa shape index (κ3) is 3.86. The molecule has 2 atom stereocenters. The van der Waals surface area contributed by atoms with Crippen LogP contribution >= 0.6 is 0 Å². The zero-order chi connectivity index (χ0) is 17.8. The van der Waals surface area contributed by atoms with E-state index in [1.165, 1.54) is 0 Å². The quantitative estimate of drug-likeness (QED) is 0.863. The molecule has 0 amide bonds. The van der Waals surface area contributed by atoms with E-state index in [2.05, 4.69) is 22.0 Å². The number of aliphatic imine (C=N–C) groups is 1. The molecule has 5 nitrogen and oxygen atoms in total. The van der Waals surface area contributed by atoms with Gasteiger partial charge in [0.05, 0.1) is 5.36 Å². The summed E-state index contributed by atoms with van der Waals surface area (Å²) in [4.78, 5) is 11.3. The second-order valence-corrected chi connectivity index (χ2v) is 5.92. The molecule has 0 radical (unpaired) electrons. The fourth-order valence-corrected chi connectivity index (χ4v) is 2.66. The van der Waals surface area contributed by atoms with Crippen molar-refractivity contribution in [3.8, 4) is 11.8 Å². The first-order chi connectivity index (χ1) is 12.1. The van der Waals surface area contributed by atoms with Crippen LogP contribution in [0.5, 0.6) is 5.75 Å². The Kier molecular flexibility index (Phi) is 4.80. The number of hydrogen-bond acceptors (Lipinski definition) is 5. The maximum Gasteiger partial charge on any atom is 0.181 e. The van der Waals surface area contributed by atoms with E-state index in [9.17, 15) is 0 Å². The molecule has 1 aliphatic rings. The van der Waals surface area contributed by atoms with Crippen LogP contribution in [0.1, 0.15) is 13.8 Å². The van der Waals surface area contributed by atoms with Crippen molar-refractivity contribution in [1.82, 2.24) is 0 Å². The minimum Gasteiger partial charge on any atom is -0.476 e. The highest BCUT2D eigenvalue weighted by atomic mass is 16.5. The van der Waals surface area contributed by atoms with Gasteiger partial charge in [0.15, 0.2) is 6.10 Å². The number of fused-ring (bicyclic) bond motifs is 1. The van der Waals surface area contributed by atoms with Crippen LogP contribution in [0.15, 0.2) is 58.5 Å². The number of nitrogens with zero attached hydrogens (tertiary/aromatic N) is 4. The summed E-state index contributed by atoms with van der Waals surface area (Å²) in [5, 5.41) is 10.8. The second kappa shape index (κ2) is 7.18. The van der Waals surface area contributed by atoms with Crippen molar-refractivity contribution in [3.63, 3.8) is 0 Å². The first-order valence-corrected chi connectivity index (χ1v) is 8.16. The second-order valence-electron chi connectivity index (χ2n) is 5.92. The lowest BCUT2D eigenvalue weighted by molar-refractivity contribution is 0.276. The number of para-hydroxylation sites is 1.